The molecule has 1 aromatic heterocycles. The first kappa shape index (κ1) is 15.7. The molecule has 2 heteroatoms. The van der Waals surface area contributed by atoms with Crippen LogP contribution in [0.15, 0.2) is 48.8 Å². The van der Waals surface area contributed by atoms with Crippen LogP contribution in [0.4, 0.5) is 0 Å². The monoisotopic (exact) mass is 282 g/mol. The maximum absolute atomic E-state index is 4.30. The van der Waals surface area contributed by atoms with E-state index in [4.69, 9.17) is 0 Å². The second-order valence-electron chi connectivity index (χ2n) is 5.62. The van der Waals surface area contributed by atoms with E-state index >= 15 is 0 Å². The van der Waals surface area contributed by atoms with E-state index in [-0.39, 0.29) is 0 Å². The molecule has 21 heavy (non-hydrogen) atoms. The van der Waals surface area contributed by atoms with Gasteiger partial charge in [0.2, 0.25) is 0 Å². The van der Waals surface area contributed by atoms with Crippen LogP contribution in [0, 0.1) is 6.92 Å². The molecule has 1 N–H and O–H groups in total. The van der Waals surface area contributed by atoms with Crippen molar-refractivity contribution in [2.24, 2.45) is 0 Å². The molecule has 0 saturated carbocycles. The van der Waals surface area contributed by atoms with Gasteiger partial charge in [-0.2, -0.15) is 0 Å². The molecule has 1 atom stereocenters. The molecule has 0 aliphatic rings. The number of benzene rings is 1. The van der Waals surface area contributed by atoms with Gasteiger partial charge in [-0.15, -0.1) is 0 Å². The first-order valence-corrected chi connectivity index (χ1v) is 7.99. The molecular formula is C19H26N2. The fraction of sp³-hybridized carbons (Fsp3) is 0.421. The minimum Gasteiger partial charge on any atom is -0.310 e. The molecule has 0 aliphatic carbocycles. The summed E-state index contributed by atoms with van der Waals surface area (Å²) in [6.45, 7) is 5.45. The van der Waals surface area contributed by atoms with Crippen molar-refractivity contribution in [3.05, 3.63) is 65.5 Å². The van der Waals surface area contributed by atoms with Crippen LogP contribution in [0.25, 0.3) is 0 Å². The van der Waals surface area contributed by atoms with E-state index < -0.39 is 0 Å². The Balaban J connectivity index is 1.95. The lowest BCUT2D eigenvalue weighted by Gasteiger charge is -2.20. The zero-order chi connectivity index (χ0) is 14.9. The minimum absolute atomic E-state index is 0.419. The number of pyridine rings is 1. The summed E-state index contributed by atoms with van der Waals surface area (Å²) in [4.78, 5) is 4.30. The Hall–Kier alpha value is -1.67. The zero-order valence-corrected chi connectivity index (χ0v) is 13.2. The Morgan fingerprint density at radius 3 is 2.67 bits per heavy atom. The fourth-order valence-corrected chi connectivity index (χ4v) is 2.68. The Bertz CT molecular complexity index is 522. The van der Waals surface area contributed by atoms with Gasteiger partial charge in [-0.3, -0.25) is 4.98 Å². The van der Waals surface area contributed by atoms with Crippen LogP contribution in [0.1, 0.15) is 48.9 Å². The number of rotatable bonds is 8. The summed E-state index contributed by atoms with van der Waals surface area (Å²) in [6, 6.07) is 13.3. The van der Waals surface area contributed by atoms with Gasteiger partial charge in [0.05, 0.1) is 0 Å². The number of aryl methyl sites for hydroxylation is 2. The molecule has 0 radical (unpaired) electrons. The number of hydrogen-bond donors (Lipinski definition) is 1. The molecule has 1 heterocycles. The SMILES string of the molecule is CCCNC(CCCc1ccccc1)c1cnccc1C. The van der Waals surface area contributed by atoms with E-state index in [0.717, 1.165) is 25.8 Å². The molecule has 2 nitrogen and oxygen atoms in total. The minimum atomic E-state index is 0.419. The molecule has 112 valence electrons. The Morgan fingerprint density at radius 1 is 1.14 bits per heavy atom. The largest absolute Gasteiger partial charge is 0.310 e. The highest BCUT2D eigenvalue weighted by atomic mass is 14.9. The highest BCUT2D eigenvalue weighted by molar-refractivity contribution is 5.25. The topological polar surface area (TPSA) is 24.9 Å². The lowest BCUT2D eigenvalue weighted by molar-refractivity contribution is 0.481. The number of hydrogen-bond acceptors (Lipinski definition) is 2. The lowest BCUT2D eigenvalue weighted by Crippen LogP contribution is -2.23. The molecule has 0 fully saturated rings. The third kappa shape index (κ3) is 4.98. The van der Waals surface area contributed by atoms with Crippen molar-refractivity contribution < 1.29 is 0 Å². The number of nitrogens with one attached hydrogen (secondary N) is 1. The van der Waals surface area contributed by atoms with Crippen LogP contribution in [-0.2, 0) is 6.42 Å². The smallest absolute Gasteiger partial charge is 0.0338 e. The normalized spacial score (nSPS) is 12.3. The molecule has 2 aromatic rings. The Kier molecular flexibility index (Phi) is 6.42. The van der Waals surface area contributed by atoms with Gasteiger partial charge in [-0.1, -0.05) is 37.3 Å². The summed E-state index contributed by atoms with van der Waals surface area (Å²) in [7, 11) is 0. The standard InChI is InChI=1S/C19H26N2/c1-3-13-21-19(18-15-20-14-12-16(18)2)11-7-10-17-8-5-4-6-9-17/h4-6,8-9,12,14-15,19,21H,3,7,10-11,13H2,1-2H3. The highest BCUT2D eigenvalue weighted by Crippen LogP contribution is 2.22. The van der Waals surface area contributed by atoms with Gasteiger partial charge < -0.3 is 5.32 Å². The predicted molar refractivity (Wildman–Crippen MR) is 89.4 cm³/mol. The van der Waals surface area contributed by atoms with Crippen molar-refractivity contribution in [1.82, 2.24) is 10.3 Å². The number of nitrogens with zero attached hydrogens (tertiary/aromatic N) is 1. The molecule has 2 rings (SSSR count). The van der Waals surface area contributed by atoms with Crippen LogP contribution in [-0.4, -0.2) is 11.5 Å². The van der Waals surface area contributed by atoms with Gasteiger partial charge in [0.25, 0.3) is 0 Å². The van der Waals surface area contributed by atoms with E-state index in [1.165, 1.54) is 23.1 Å². The zero-order valence-electron chi connectivity index (χ0n) is 13.2. The summed E-state index contributed by atoms with van der Waals surface area (Å²) in [5.41, 5.74) is 4.10. The van der Waals surface area contributed by atoms with Crippen molar-refractivity contribution in [3.63, 3.8) is 0 Å². The molecule has 1 aromatic carbocycles. The highest BCUT2D eigenvalue weighted by Gasteiger charge is 2.12. The molecule has 1 unspecified atom stereocenters. The van der Waals surface area contributed by atoms with Gasteiger partial charge in [0, 0.05) is 18.4 Å². The first-order chi connectivity index (χ1) is 10.3. The molecule has 0 aliphatic heterocycles. The van der Waals surface area contributed by atoms with Gasteiger partial charge in [-0.25, -0.2) is 0 Å². The van der Waals surface area contributed by atoms with Crippen LogP contribution in [0.3, 0.4) is 0 Å². The summed E-state index contributed by atoms with van der Waals surface area (Å²) in [5, 5.41) is 3.67. The third-order valence-corrected chi connectivity index (χ3v) is 3.90. The lowest BCUT2D eigenvalue weighted by atomic mass is 9.97. The van der Waals surface area contributed by atoms with Crippen LogP contribution in [0.5, 0.6) is 0 Å². The summed E-state index contributed by atoms with van der Waals surface area (Å²) in [5.74, 6) is 0. The predicted octanol–water partition coefficient (Wildman–Crippen LogP) is 4.45. The van der Waals surface area contributed by atoms with Gasteiger partial charge >= 0.3 is 0 Å². The third-order valence-electron chi connectivity index (χ3n) is 3.90. The summed E-state index contributed by atoms with van der Waals surface area (Å²) >= 11 is 0. The molecule has 0 bridgehead atoms. The fourth-order valence-electron chi connectivity index (χ4n) is 2.68. The maximum atomic E-state index is 4.30. The summed E-state index contributed by atoms with van der Waals surface area (Å²) < 4.78 is 0. The van der Waals surface area contributed by atoms with Gasteiger partial charge in [-0.05, 0) is 61.9 Å². The van der Waals surface area contributed by atoms with E-state index in [1.54, 1.807) is 0 Å². The van der Waals surface area contributed by atoms with E-state index in [9.17, 15) is 0 Å². The van der Waals surface area contributed by atoms with Crippen molar-refractivity contribution in [2.45, 2.75) is 45.6 Å². The van der Waals surface area contributed by atoms with Gasteiger partial charge in [0.1, 0.15) is 0 Å². The van der Waals surface area contributed by atoms with E-state index in [0.29, 0.717) is 6.04 Å². The average Bonchev–Trinajstić information content (AvgIpc) is 2.52. The van der Waals surface area contributed by atoms with Crippen molar-refractivity contribution in [2.75, 3.05) is 6.54 Å². The molecule has 0 spiro atoms. The molecule has 0 saturated heterocycles. The van der Waals surface area contributed by atoms with E-state index in [1.807, 2.05) is 12.4 Å². The van der Waals surface area contributed by atoms with Crippen LogP contribution < -0.4 is 5.32 Å². The average molecular weight is 282 g/mol. The van der Waals surface area contributed by atoms with Crippen molar-refractivity contribution in [3.8, 4) is 0 Å². The van der Waals surface area contributed by atoms with E-state index in [2.05, 4.69) is 60.5 Å². The Morgan fingerprint density at radius 2 is 1.95 bits per heavy atom. The van der Waals surface area contributed by atoms with Gasteiger partial charge in [0.15, 0.2) is 0 Å². The van der Waals surface area contributed by atoms with Crippen LogP contribution in [0.2, 0.25) is 0 Å². The Labute approximate surface area is 128 Å². The van der Waals surface area contributed by atoms with Crippen molar-refractivity contribution in [1.29, 1.82) is 0 Å². The van der Waals surface area contributed by atoms with Crippen molar-refractivity contribution >= 4 is 0 Å². The van der Waals surface area contributed by atoms with Crippen LogP contribution >= 0.6 is 0 Å². The molecular weight excluding hydrogens is 256 g/mol. The second kappa shape index (κ2) is 8.58. The first-order valence-electron chi connectivity index (χ1n) is 7.99. The molecule has 0 amide bonds. The quantitative estimate of drug-likeness (QED) is 0.773. The summed E-state index contributed by atoms with van der Waals surface area (Å²) in [6.07, 6.45) is 8.55. The maximum Gasteiger partial charge on any atom is 0.0338 e. The number of aromatic nitrogens is 1. The second-order valence-corrected chi connectivity index (χ2v) is 5.62.